The number of aromatic nitrogens is 3. The van der Waals surface area contributed by atoms with Gasteiger partial charge in [0.2, 0.25) is 5.88 Å². The summed E-state index contributed by atoms with van der Waals surface area (Å²) in [5, 5.41) is 3.07. The standard InChI is InChI=1S/C19H22N6O5S2/c1-10-13-17(29-3)21-12(8-28-2)22-18(13)32-14(10)16(27)24-23-15(26)11-9-31-19(20-11)25-4-6-30-7-5-25/h9H,4-8H2,1-3H3,(H,23,26)(H,24,27). The van der Waals surface area contributed by atoms with Crippen LogP contribution in [0.15, 0.2) is 5.38 Å². The number of thiophene rings is 1. The van der Waals surface area contributed by atoms with Crippen LogP contribution in [-0.4, -0.2) is 67.3 Å². The fraction of sp³-hybridized carbons (Fsp3) is 0.421. The first kappa shape index (κ1) is 22.3. The highest BCUT2D eigenvalue weighted by molar-refractivity contribution is 7.20. The number of hydrogen-bond acceptors (Lipinski definition) is 11. The number of carbonyl (C=O) groups is 2. The van der Waals surface area contributed by atoms with Crippen LogP contribution in [0.3, 0.4) is 0 Å². The molecule has 32 heavy (non-hydrogen) atoms. The minimum atomic E-state index is -0.493. The van der Waals surface area contributed by atoms with Gasteiger partial charge in [-0.2, -0.15) is 4.98 Å². The van der Waals surface area contributed by atoms with Crippen LogP contribution < -0.4 is 20.5 Å². The molecule has 0 bridgehead atoms. The van der Waals surface area contributed by atoms with Crippen molar-refractivity contribution in [3.63, 3.8) is 0 Å². The number of morpholine rings is 1. The normalized spacial score (nSPS) is 13.9. The maximum Gasteiger partial charge on any atom is 0.289 e. The number of thiazole rings is 1. The van der Waals surface area contributed by atoms with Gasteiger partial charge in [-0.25, -0.2) is 9.97 Å². The summed E-state index contributed by atoms with van der Waals surface area (Å²) < 4.78 is 15.8. The SMILES string of the molecule is COCc1nc(OC)c2c(C)c(C(=O)NNC(=O)c3csc(N4CCOCC4)n3)sc2n1. The molecule has 0 unspecified atom stereocenters. The highest BCUT2D eigenvalue weighted by Crippen LogP contribution is 2.35. The zero-order valence-electron chi connectivity index (χ0n) is 17.8. The Bertz CT molecular complexity index is 1140. The van der Waals surface area contributed by atoms with Crippen molar-refractivity contribution in [2.45, 2.75) is 13.5 Å². The van der Waals surface area contributed by atoms with E-state index >= 15 is 0 Å². The predicted octanol–water partition coefficient (Wildman–Crippen LogP) is 1.52. The van der Waals surface area contributed by atoms with Gasteiger partial charge in [0.15, 0.2) is 11.0 Å². The molecule has 3 aromatic rings. The number of methoxy groups -OCH3 is 2. The molecule has 0 aliphatic carbocycles. The minimum absolute atomic E-state index is 0.223. The van der Waals surface area contributed by atoms with Crippen molar-refractivity contribution in [2.24, 2.45) is 0 Å². The molecule has 2 N–H and O–H groups in total. The van der Waals surface area contributed by atoms with E-state index in [0.717, 1.165) is 18.2 Å². The first-order valence-electron chi connectivity index (χ1n) is 9.73. The number of hydrazine groups is 1. The van der Waals surface area contributed by atoms with Crippen LogP contribution in [0, 0.1) is 6.92 Å². The molecule has 170 valence electrons. The second-order valence-electron chi connectivity index (χ2n) is 6.84. The van der Waals surface area contributed by atoms with E-state index in [1.807, 2.05) is 0 Å². The number of carbonyl (C=O) groups excluding carboxylic acids is 2. The number of anilines is 1. The summed E-state index contributed by atoms with van der Waals surface area (Å²) >= 11 is 2.57. The van der Waals surface area contributed by atoms with Crippen molar-refractivity contribution in [3.8, 4) is 5.88 Å². The third-order valence-electron chi connectivity index (χ3n) is 4.77. The number of nitrogens with zero attached hydrogens (tertiary/aromatic N) is 4. The summed E-state index contributed by atoms with van der Waals surface area (Å²) in [6.07, 6.45) is 0. The summed E-state index contributed by atoms with van der Waals surface area (Å²) in [4.78, 5) is 41.4. The highest BCUT2D eigenvalue weighted by Gasteiger charge is 2.22. The van der Waals surface area contributed by atoms with Gasteiger partial charge in [0.05, 0.1) is 30.6 Å². The maximum absolute atomic E-state index is 12.8. The van der Waals surface area contributed by atoms with Gasteiger partial charge in [-0.05, 0) is 12.5 Å². The molecule has 0 saturated carbocycles. The van der Waals surface area contributed by atoms with Crippen molar-refractivity contribution < 1.29 is 23.8 Å². The van der Waals surface area contributed by atoms with Crippen molar-refractivity contribution >= 4 is 49.8 Å². The monoisotopic (exact) mass is 478 g/mol. The van der Waals surface area contributed by atoms with Crippen LogP contribution in [0.2, 0.25) is 0 Å². The second kappa shape index (κ2) is 9.73. The summed E-state index contributed by atoms with van der Waals surface area (Å²) in [5.74, 6) is -0.125. The molecule has 3 aromatic heterocycles. The average molecular weight is 479 g/mol. The number of hydrogen-bond donors (Lipinski definition) is 2. The molecule has 0 radical (unpaired) electrons. The van der Waals surface area contributed by atoms with Crippen molar-refractivity contribution in [1.29, 1.82) is 0 Å². The molecule has 2 amide bonds. The van der Waals surface area contributed by atoms with E-state index in [1.165, 1.54) is 29.8 Å². The van der Waals surface area contributed by atoms with Crippen molar-refractivity contribution in [3.05, 3.63) is 27.3 Å². The van der Waals surface area contributed by atoms with Crippen LogP contribution >= 0.6 is 22.7 Å². The molecule has 11 nitrogen and oxygen atoms in total. The first-order valence-corrected chi connectivity index (χ1v) is 11.4. The molecule has 0 atom stereocenters. The lowest BCUT2D eigenvalue weighted by atomic mass is 10.2. The molecule has 0 aromatic carbocycles. The van der Waals surface area contributed by atoms with Crippen LogP contribution in [0.1, 0.15) is 31.5 Å². The molecular weight excluding hydrogens is 456 g/mol. The first-order chi connectivity index (χ1) is 15.5. The molecule has 4 heterocycles. The van der Waals surface area contributed by atoms with Crippen LogP contribution in [0.4, 0.5) is 5.13 Å². The van der Waals surface area contributed by atoms with Gasteiger partial charge < -0.3 is 19.1 Å². The average Bonchev–Trinajstić information content (AvgIpc) is 3.43. The Morgan fingerprint density at radius 2 is 1.91 bits per heavy atom. The Kier molecular flexibility index (Phi) is 6.79. The molecular formula is C19H22N6O5S2. The Hall–Kier alpha value is -2.87. The number of amides is 2. The highest BCUT2D eigenvalue weighted by atomic mass is 32.1. The Balaban J connectivity index is 1.46. The predicted molar refractivity (Wildman–Crippen MR) is 119 cm³/mol. The zero-order chi connectivity index (χ0) is 22.7. The van der Waals surface area contributed by atoms with E-state index in [1.54, 1.807) is 19.4 Å². The molecule has 1 aliphatic heterocycles. The summed E-state index contributed by atoms with van der Waals surface area (Å²) in [6, 6.07) is 0. The van der Waals surface area contributed by atoms with Crippen LogP contribution in [0.5, 0.6) is 5.88 Å². The van der Waals surface area contributed by atoms with Gasteiger partial charge in [-0.15, -0.1) is 22.7 Å². The topological polar surface area (TPSA) is 128 Å². The lowest BCUT2D eigenvalue weighted by Crippen LogP contribution is -2.41. The second-order valence-corrected chi connectivity index (χ2v) is 8.68. The number of fused-ring (bicyclic) bond motifs is 1. The third kappa shape index (κ3) is 4.50. The Morgan fingerprint density at radius 3 is 2.62 bits per heavy atom. The van der Waals surface area contributed by atoms with Crippen molar-refractivity contribution in [2.75, 3.05) is 45.4 Å². The summed E-state index contributed by atoms with van der Waals surface area (Å²) in [5.41, 5.74) is 5.79. The molecule has 1 saturated heterocycles. The van der Waals surface area contributed by atoms with E-state index in [9.17, 15) is 9.59 Å². The van der Waals surface area contributed by atoms with E-state index in [4.69, 9.17) is 14.2 Å². The molecule has 0 spiro atoms. The largest absolute Gasteiger partial charge is 0.480 e. The molecule has 1 fully saturated rings. The van der Waals surface area contributed by atoms with E-state index in [0.29, 0.717) is 45.6 Å². The summed E-state index contributed by atoms with van der Waals surface area (Å²) in [7, 11) is 3.06. The van der Waals surface area contributed by atoms with Crippen molar-refractivity contribution in [1.82, 2.24) is 25.8 Å². The number of nitrogens with one attached hydrogen (secondary N) is 2. The zero-order valence-corrected chi connectivity index (χ0v) is 19.4. The van der Waals surface area contributed by atoms with E-state index in [2.05, 4.69) is 30.7 Å². The smallest absolute Gasteiger partial charge is 0.289 e. The van der Waals surface area contributed by atoms with Gasteiger partial charge >= 0.3 is 0 Å². The van der Waals surface area contributed by atoms with Gasteiger partial charge in [0.25, 0.3) is 11.8 Å². The number of ether oxygens (including phenoxy) is 3. The fourth-order valence-electron chi connectivity index (χ4n) is 3.20. The molecule has 4 rings (SSSR count). The van der Waals surface area contributed by atoms with Crippen LogP contribution in [-0.2, 0) is 16.1 Å². The number of aryl methyl sites for hydroxylation is 1. The third-order valence-corrected chi connectivity index (χ3v) is 6.86. The van der Waals surface area contributed by atoms with Gasteiger partial charge in [-0.1, -0.05) is 0 Å². The van der Waals surface area contributed by atoms with E-state index in [-0.39, 0.29) is 12.3 Å². The quantitative estimate of drug-likeness (QED) is 0.507. The number of rotatable bonds is 6. The molecule has 13 heteroatoms. The van der Waals surface area contributed by atoms with Crippen LogP contribution in [0.25, 0.3) is 10.2 Å². The lowest BCUT2D eigenvalue weighted by molar-refractivity contribution is 0.0846. The van der Waals surface area contributed by atoms with Gasteiger partial charge in [-0.3, -0.25) is 20.4 Å². The Labute approximate surface area is 191 Å². The molecule has 1 aliphatic rings. The van der Waals surface area contributed by atoms with E-state index < -0.39 is 11.8 Å². The maximum atomic E-state index is 12.8. The summed E-state index contributed by atoms with van der Waals surface area (Å²) in [6.45, 7) is 4.74. The van der Waals surface area contributed by atoms with Gasteiger partial charge in [0, 0.05) is 25.6 Å². The lowest BCUT2D eigenvalue weighted by Gasteiger charge is -2.25. The minimum Gasteiger partial charge on any atom is -0.480 e. The fourth-order valence-corrected chi connectivity index (χ4v) is 5.15. The van der Waals surface area contributed by atoms with Gasteiger partial charge in [0.1, 0.15) is 17.1 Å². The Morgan fingerprint density at radius 1 is 1.16 bits per heavy atom.